The molecule has 0 fully saturated rings. The fourth-order valence-corrected chi connectivity index (χ4v) is 3.79. The van der Waals surface area contributed by atoms with Gasteiger partial charge in [-0.2, -0.15) is 5.26 Å². The number of fused-ring (bicyclic) bond motifs is 1. The van der Waals surface area contributed by atoms with Gasteiger partial charge in [-0.3, -0.25) is 0 Å². The molecule has 5 heteroatoms. The molecule has 1 heterocycles. The SMILES string of the molecule is CCc1cccc(N2C=C(C#N)S(=O)(=O)c3ccccc32)c1. The largest absolute Gasteiger partial charge is 0.314 e. The highest BCUT2D eigenvalue weighted by atomic mass is 32.2. The van der Waals surface area contributed by atoms with Crippen LogP contribution < -0.4 is 4.90 Å². The summed E-state index contributed by atoms with van der Waals surface area (Å²) in [6.45, 7) is 2.06. The zero-order valence-electron chi connectivity index (χ0n) is 12.0. The third-order valence-corrected chi connectivity index (χ3v) is 5.36. The lowest BCUT2D eigenvalue weighted by atomic mass is 10.1. The molecular weight excluding hydrogens is 296 g/mol. The number of rotatable bonds is 2. The molecule has 0 aromatic heterocycles. The Labute approximate surface area is 129 Å². The summed E-state index contributed by atoms with van der Waals surface area (Å²) in [7, 11) is -3.73. The second-order valence-electron chi connectivity index (χ2n) is 4.97. The minimum absolute atomic E-state index is 0.163. The van der Waals surface area contributed by atoms with E-state index in [2.05, 4.69) is 6.92 Å². The highest BCUT2D eigenvalue weighted by Gasteiger charge is 2.31. The highest BCUT2D eigenvalue weighted by Crippen LogP contribution is 2.39. The van der Waals surface area contributed by atoms with Gasteiger partial charge in [0.2, 0.25) is 9.84 Å². The molecule has 22 heavy (non-hydrogen) atoms. The molecular formula is C17H14N2O2S. The lowest BCUT2D eigenvalue weighted by molar-refractivity contribution is 0.602. The second kappa shape index (κ2) is 5.32. The number of hydrogen-bond donors (Lipinski definition) is 0. The van der Waals surface area contributed by atoms with Gasteiger partial charge >= 0.3 is 0 Å². The third kappa shape index (κ3) is 2.18. The first-order valence-corrected chi connectivity index (χ1v) is 8.40. The molecule has 0 amide bonds. The summed E-state index contributed by atoms with van der Waals surface area (Å²) >= 11 is 0. The summed E-state index contributed by atoms with van der Waals surface area (Å²) < 4.78 is 24.8. The van der Waals surface area contributed by atoms with E-state index in [0.717, 1.165) is 17.7 Å². The molecule has 0 saturated heterocycles. The summed E-state index contributed by atoms with van der Waals surface area (Å²) in [5, 5.41) is 9.19. The fourth-order valence-electron chi connectivity index (χ4n) is 2.49. The maximum atomic E-state index is 12.4. The average Bonchev–Trinajstić information content (AvgIpc) is 2.55. The smallest absolute Gasteiger partial charge is 0.220 e. The fraction of sp³-hybridized carbons (Fsp3) is 0.118. The van der Waals surface area contributed by atoms with Crippen LogP contribution in [0.3, 0.4) is 0 Å². The van der Waals surface area contributed by atoms with Gasteiger partial charge in [0.15, 0.2) is 4.91 Å². The van der Waals surface area contributed by atoms with Gasteiger partial charge in [0.1, 0.15) is 6.07 Å². The van der Waals surface area contributed by atoms with Crippen LogP contribution >= 0.6 is 0 Å². The van der Waals surface area contributed by atoms with E-state index in [1.807, 2.05) is 24.3 Å². The first-order chi connectivity index (χ1) is 10.6. The van der Waals surface area contributed by atoms with E-state index >= 15 is 0 Å². The quantitative estimate of drug-likeness (QED) is 0.851. The van der Waals surface area contributed by atoms with Gasteiger partial charge in [-0.15, -0.1) is 0 Å². The van der Waals surface area contributed by atoms with Crippen molar-refractivity contribution in [1.82, 2.24) is 0 Å². The van der Waals surface area contributed by atoms with Crippen molar-refractivity contribution < 1.29 is 8.42 Å². The van der Waals surface area contributed by atoms with Crippen molar-refractivity contribution in [3.63, 3.8) is 0 Å². The Kier molecular flexibility index (Phi) is 3.47. The van der Waals surface area contributed by atoms with E-state index in [1.165, 1.54) is 12.3 Å². The number of anilines is 2. The minimum Gasteiger partial charge on any atom is -0.314 e. The lowest BCUT2D eigenvalue weighted by Gasteiger charge is -2.27. The number of hydrogen-bond acceptors (Lipinski definition) is 4. The van der Waals surface area contributed by atoms with Crippen molar-refractivity contribution in [1.29, 1.82) is 5.26 Å². The van der Waals surface area contributed by atoms with Crippen LogP contribution in [-0.2, 0) is 16.3 Å². The van der Waals surface area contributed by atoms with Crippen molar-refractivity contribution in [3.8, 4) is 6.07 Å². The van der Waals surface area contributed by atoms with E-state index in [-0.39, 0.29) is 9.80 Å². The molecule has 1 aliphatic rings. The Morgan fingerprint density at radius 3 is 2.64 bits per heavy atom. The Morgan fingerprint density at radius 1 is 1.14 bits per heavy atom. The van der Waals surface area contributed by atoms with Gasteiger partial charge in [0.25, 0.3) is 0 Å². The molecule has 0 bridgehead atoms. The summed E-state index contributed by atoms with van der Waals surface area (Å²) in [5.74, 6) is 0. The van der Waals surface area contributed by atoms with Crippen LogP contribution in [0.2, 0.25) is 0 Å². The first-order valence-electron chi connectivity index (χ1n) is 6.92. The molecule has 0 unspecified atom stereocenters. The van der Waals surface area contributed by atoms with Crippen LogP contribution in [0, 0.1) is 11.3 Å². The molecule has 0 saturated carbocycles. The summed E-state index contributed by atoms with van der Waals surface area (Å²) in [6.07, 6.45) is 2.28. The van der Waals surface area contributed by atoms with Gasteiger partial charge in [0, 0.05) is 11.9 Å². The van der Waals surface area contributed by atoms with Gasteiger partial charge in [0.05, 0.1) is 10.6 Å². The maximum Gasteiger partial charge on any atom is 0.220 e. The van der Waals surface area contributed by atoms with Gasteiger partial charge in [-0.05, 0) is 36.2 Å². The van der Waals surface area contributed by atoms with Crippen molar-refractivity contribution in [2.45, 2.75) is 18.2 Å². The Balaban J connectivity index is 2.26. The topological polar surface area (TPSA) is 61.2 Å². The zero-order valence-corrected chi connectivity index (χ0v) is 12.8. The molecule has 0 N–H and O–H groups in total. The van der Waals surface area contributed by atoms with Gasteiger partial charge < -0.3 is 4.90 Å². The van der Waals surface area contributed by atoms with Crippen molar-refractivity contribution >= 4 is 21.2 Å². The number of aryl methyl sites for hydroxylation is 1. The van der Waals surface area contributed by atoms with E-state index in [0.29, 0.717) is 5.69 Å². The second-order valence-corrected chi connectivity index (χ2v) is 6.86. The van der Waals surface area contributed by atoms with Crippen LogP contribution in [0.5, 0.6) is 0 Å². The molecule has 0 spiro atoms. The Bertz CT molecular complexity index is 908. The monoisotopic (exact) mass is 310 g/mol. The van der Waals surface area contributed by atoms with Crippen LogP contribution in [-0.4, -0.2) is 8.42 Å². The van der Waals surface area contributed by atoms with Crippen molar-refractivity contribution in [3.05, 3.63) is 65.2 Å². The number of nitriles is 1. The Hall–Kier alpha value is -2.58. The Morgan fingerprint density at radius 2 is 1.91 bits per heavy atom. The van der Waals surface area contributed by atoms with E-state index < -0.39 is 9.84 Å². The normalized spacial score (nSPS) is 15.6. The molecule has 0 atom stereocenters. The highest BCUT2D eigenvalue weighted by molar-refractivity contribution is 7.95. The average molecular weight is 310 g/mol. The van der Waals surface area contributed by atoms with Gasteiger partial charge in [-0.25, -0.2) is 8.42 Å². The number of sulfone groups is 1. The van der Waals surface area contributed by atoms with Crippen LogP contribution in [0.4, 0.5) is 11.4 Å². The van der Waals surface area contributed by atoms with Crippen LogP contribution in [0.25, 0.3) is 0 Å². The minimum atomic E-state index is -3.73. The predicted molar refractivity (Wildman–Crippen MR) is 85.3 cm³/mol. The molecule has 2 aromatic rings. The standard InChI is InChI=1S/C17H14N2O2S/c1-2-13-6-5-7-14(10-13)19-12-15(11-18)22(20,21)17-9-4-3-8-16(17)19/h3-10,12H,2H2,1H3. The van der Waals surface area contributed by atoms with Gasteiger partial charge in [-0.1, -0.05) is 31.2 Å². The predicted octanol–water partition coefficient (Wildman–Crippen LogP) is 3.54. The molecule has 110 valence electrons. The molecule has 1 aliphatic heterocycles. The molecule has 3 rings (SSSR count). The van der Waals surface area contributed by atoms with Crippen LogP contribution in [0.1, 0.15) is 12.5 Å². The van der Waals surface area contributed by atoms with E-state index in [4.69, 9.17) is 0 Å². The summed E-state index contributed by atoms with van der Waals surface area (Å²) in [5.41, 5.74) is 2.56. The first kappa shape index (κ1) is 14.4. The summed E-state index contributed by atoms with van der Waals surface area (Å²) in [4.78, 5) is 1.68. The van der Waals surface area contributed by atoms with E-state index in [1.54, 1.807) is 29.2 Å². The number of para-hydroxylation sites is 1. The molecule has 4 nitrogen and oxygen atoms in total. The number of benzene rings is 2. The third-order valence-electron chi connectivity index (χ3n) is 3.66. The zero-order chi connectivity index (χ0) is 15.7. The molecule has 2 aromatic carbocycles. The van der Waals surface area contributed by atoms with Crippen LogP contribution in [0.15, 0.2) is 64.5 Å². The summed E-state index contributed by atoms with van der Waals surface area (Å²) in [6, 6.07) is 16.4. The molecule has 0 radical (unpaired) electrons. The number of allylic oxidation sites excluding steroid dienone is 1. The molecule has 0 aliphatic carbocycles. The number of nitrogens with zero attached hydrogens (tertiary/aromatic N) is 2. The van der Waals surface area contributed by atoms with Crippen molar-refractivity contribution in [2.75, 3.05) is 4.90 Å². The van der Waals surface area contributed by atoms with E-state index in [9.17, 15) is 13.7 Å². The lowest BCUT2D eigenvalue weighted by Crippen LogP contribution is -2.21. The van der Waals surface area contributed by atoms with Crippen molar-refractivity contribution in [2.24, 2.45) is 0 Å². The maximum absolute atomic E-state index is 12.4.